The van der Waals surface area contributed by atoms with Gasteiger partial charge in [-0.05, 0) is 43.7 Å². The number of benzene rings is 1. The van der Waals surface area contributed by atoms with Crippen molar-refractivity contribution < 1.29 is 22.8 Å². The third kappa shape index (κ3) is 2.63. The van der Waals surface area contributed by atoms with Crippen molar-refractivity contribution >= 4 is 27.9 Å². The standard InChI is InChI=1S/C18H21N3O5S/c1-12-6-8-18(9-7-12)16(23)20(17(24)19-18)10-11-21-15(22)13-4-2-3-5-14(13)27(21,25)26/h2-5,12H,6-11H2,1H3,(H,19,24). The summed E-state index contributed by atoms with van der Waals surface area (Å²) in [5.41, 5.74) is -0.757. The molecule has 1 saturated carbocycles. The van der Waals surface area contributed by atoms with Crippen molar-refractivity contribution in [1.29, 1.82) is 0 Å². The number of urea groups is 1. The van der Waals surface area contributed by atoms with Crippen molar-refractivity contribution in [2.24, 2.45) is 5.92 Å². The predicted molar refractivity (Wildman–Crippen MR) is 95.3 cm³/mol. The van der Waals surface area contributed by atoms with E-state index in [1.54, 1.807) is 12.1 Å². The molecule has 9 heteroatoms. The lowest BCUT2D eigenvalue weighted by atomic mass is 9.77. The van der Waals surface area contributed by atoms with E-state index >= 15 is 0 Å². The molecule has 2 heterocycles. The first-order valence-electron chi connectivity index (χ1n) is 9.06. The van der Waals surface area contributed by atoms with Crippen LogP contribution in [0.15, 0.2) is 29.2 Å². The number of nitrogens with zero attached hydrogens (tertiary/aromatic N) is 2. The first-order chi connectivity index (χ1) is 12.8. The Morgan fingerprint density at radius 1 is 1.11 bits per heavy atom. The Morgan fingerprint density at radius 2 is 1.78 bits per heavy atom. The third-order valence-electron chi connectivity index (χ3n) is 5.81. The molecule has 0 bridgehead atoms. The van der Waals surface area contributed by atoms with Crippen molar-refractivity contribution in [2.45, 2.75) is 43.0 Å². The maximum Gasteiger partial charge on any atom is 0.325 e. The molecule has 0 radical (unpaired) electrons. The SMILES string of the molecule is CC1CCC2(CC1)NC(=O)N(CCN1C(=O)c3ccccc3S1(=O)=O)C2=O. The summed E-state index contributed by atoms with van der Waals surface area (Å²) in [5, 5.41) is 2.80. The normalized spacial score (nSPS) is 29.4. The lowest BCUT2D eigenvalue weighted by Crippen LogP contribution is -2.49. The van der Waals surface area contributed by atoms with Gasteiger partial charge in [0.25, 0.3) is 21.8 Å². The van der Waals surface area contributed by atoms with Crippen molar-refractivity contribution in [3.8, 4) is 0 Å². The molecule has 1 aromatic rings. The van der Waals surface area contributed by atoms with Gasteiger partial charge in [-0.3, -0.25) is 14.5 Å². The van der Waals surface area contributed by atoms with Crippen molar-refractivity contribution in [2.75, 3.05) is 13.1 Å². The predicted octanol–water partition coefficient (Wildman–Crippen LogP) is 1.33. The van der Waals surface area contributed by atoms with Crippen LogP contribution in [0.5, 0.6) is 0 Å². The Morgan fingerprint density at radius 3 is 2.44 bits per heavy atom. The summed E-state index contributed by atoms with van der Waals surface area (Å²) in [7, 11) is -3.95. The van der Waals surface area contributed by atoms with Crippen LogP contribution in [0.25, 0.3) is 0 Å². The second-order valence-corrected chi connectivity index (χ2v) is 9.36. The van der Waals surface area contributed by atoms with Gasteiger partial charge in [-0.2, -0.15) is 0 Å². The molecule has 8 nitrogen and oxygen atoms in total. The summed E-state index contributed by atoms with van der Waals surface area (Å²) in [6.45, 7) is 1.72. The second kappa shape index (κ2) is 6.05. The summed E-state index contributed by atoms with van der Waals surface area (Å²) in [4.78, 5) is 38.7. The number of imide groups is 1. The highest BCUT2D eigenvalue weighted by molar-refractivity contribution is 7.90. The zero-order valence-electron chi connectivity index (χ0n) is 15.0. The molecule has 0 aromatic heterocycles. The van der Waals surface area contributed by atoms with Crippen molar-refractivity contribution in [1.82, 2.24) is 14.5 Å². The fourth-order valence-electron chi connectivity index (χ4n) is 4.12. The van der Waals surface area contributed by atoms with Gasteiger partial charge in [-0.15, -0.1) is 0 Å². The molecular formula is C18H21N3O5S. The maximum absolute atomic E-state index is 12.9. The molecule has 1 aliphatic carbocycles. The van der Waals surface area contributed by atoms with Gasteiger partial charge in [0, 0.05) is 6.54 Å². The van der Waals surface area contributed by atoms with Crippen LogP contribution < -0.4 is 5.32 Å². The summed E-state index contributed by atoms with van der Waals surface area (Å²) in [6, 6.07) is 5.48. The van der Waals surface area contributed by atoms with Crippen LogP contribution in [0, 0.1) is 5.92 Å². The number of sulfonamides is 1. The quantitative estimate of drug-likeness (QED) is 0.783. The Kier molecular flexibility index (Phi) is 4.03. The maximum atomic E-state index is 12.9. The Balaban J connectivity index is 1.51. The summed E-state index contributed by atoms with van der Waals surface area (Å²) in [6.07, 6.45) is 2.88. The molecule has 0 unspecified atom stereocenters. The number of rotatable bonds is 3. The number of nitrogens with one attached hydrogen (secondary N) is 1. The molecule has 2 aliphatic heterocycles. The number of amides is 4. The molecule has 27 heavy (non-hydrogen) atoms. The number of fused-ring (bicyclic) bond motifs is 1. The molecular weight excluding hydrogens is 370 g/mol. The molecule has 4 rings (SSSR count). The summed E-state index contributed by atoms with van der Waals surface area (Å²) in [5.74, 6) is -0.430. The Bertz CT molecular complexity index is 934. The summed E-state index contributed by atoms with van der Waals surface area (Å²) < 4.78 is 25.9. The van der Waals surface area contributed by atoms with E-state index in [4.69, 9.17) is 0 Å². The van der Waals surface area contributed by atoms with Gasteiger partial charge in [-0.1, -0.05) is 19.1 Å². The Labute approximate surface area is 157 Å². The van der Waals surface area contributed by atoms with Gasteiger partial charge in [0.05, 0.1) is 12.1 Å². The van der Waals surface area contributed by atoms with Gasteiger partial charge >= 0.3 is 6.03 Å². The topological polar surface area (TPSA) is 104 Å². The van der Waals surface area contributed by atoms with Gasteiger partial charge < -0.3 is 5.32 Å². The zero-order valence-corrected chi connectivity index (χ0v) is 15.8. The fourth-order valence-corrected chi connectivity index (χ4v) is 5.68. The minimum absolute atomic E-state index is 0.0371. The van der Waals surface area contributed by atoms with Crippen LogP contribution in [-0.2, 0) is 14.8 Å². The summed E-state index contributed by atoms with van der Waals surface area (Å²) >= 11 is 0. The molecule has 2 fully saturated rings. The molecule has 1 aromatic carbocycles. The van der Waals surface area contributed by atoms with Crippen molar-refractivity contribution in [3.05, 3.63) is 29.8 Å². The number of carbonyl (C=O) groups excluding carboxylic acids is 3. The van der Waals surface area contributed by atoms with Crippen LogP contribution in [0.3, 0.4) is 0 Å². The van der Waals surface area contributed by atoms with Crippen LogP contribution in [0.4, 0.5) is 4.79 Å². The minimum atomic E-state index is -3.95. The molecule has 144 valence electrons. The van der Waals surface area contributed by atoms with Gasteiger partial charge in [0.15, 0.2) is 0 Å². The van der Waals surface area contributed by atoms with E-state index in [9.17, 15) is 22.8 Å². The smallest absolute Gasteiger partial charge is 0.323 e. The van der Waals surface area contributed by atoms with E-state index in [1.165, 1.54) is 12.1 Å². The second-order valence-electron chi connectivity index (χ2n) is 7.53. The van der Waals surface area contributed by atoms with Crippen LogP contribution >= 0.6 is 0 Å². The van der Waals surface area contributed by atoms with Crippen LogP contribution in [-0.4, -0.2) is 54.1 Å². The lowest BCUT2D eigenvalue weighted by Gasteiger charge is -2.33. The molecule has 1 N–H and O–H groups in total. The average Bonchev–Trinajstić information content (AvgIpc) is 2.98. The lowest BCUT2D eigenvalue weighted by molar-refractivity contribution is -0.132. The van der Waals surface area contributed by atoms with E-state index < -0.39 is 27.5 Å². The van der Waals surface area contributed by atoms with E-state index in [0.717, 1.165) is 22.0 Å². The van der Waals surface area contributed by atoms with Gasteiger partial charge in [-0.25, -0.2) is 17.5 Å². The first kappa shape index (κ1) is 18.0. The highest BCUT2D eigenvalue weighted by Crippen LogP contribution is 2.36. The van der Waals surface area contributed by atoms with E-state index in [2.05, 4.69) is 12.2 Å². The molecule has 1 spiro atoms. The van der Waals surface area contributed by atoms with Gasteiger partial charge in [0.1, 0.15) is 10.4 Å². The number of hydrogen-bond acceptors (Lipinski definition) is 5. The third-order valence-corrected chi connectivity index (χ3v) is 7.65. The Hall–Kier alpha value is -2.42. The van der Waals surface area contributed by atoms with Crippen LogP contribution in [0.2, 0.25) is 0 Å². The minimum Gasteiger partial charge on any atom is -0.323 e. The molecule has 1 saturated heterocycles. The van der Waals surface area contributed by atoms with E-state index in [1.807, 2.05) is 0 Å². The first-order valence-corrected chi connectivity index (χ1v) is 10.5. The fraction of sp³-hybridized carbons (Fsp3) is 0.500. The van der Waals surface area contributed by atoms with E-state index in [0.29, 0.717) is 18.8 Å². The molecule has 4 amide bonds. The molecule has 0 atom stereocenters. The number of carbonyl (C=O) groups is 3. The van der Waals surface area contributed by atoms with Crippen LogP contribution in [0.1, 0.15) is 43.0 Å². The highest BCUT2D eigenvalue weighted by atomic mass is 32.2. The number of hydrogen-bond donors (Lipinski definition) is 1. The van der Waals surface area contributed by atoms with E-state index in [-0.39, 0.29) is 29.5 Å². The monoisotopic (exact) mass is 391 g/mol. The van der Waals surface area contributed by atoms with Gasteiger partial charge in [0.2, 0.25) is 0 Å². The molecule has 3 aliphatic rings. The average molecular weight is 391 g/mol. The highest BCUT2D eigenvalue weighted by Gasteiger charge is 2.52. The van der Waals surface area contributed by atoms with Crippen molar-refractivity contribution in [3.63, 3.8) is 0 Å². The largest absolute Gasteiger partial charge is 0.325 e. The zero-order chi connectivity index (χ0) is 19.4.